The van der Waals surface area contributed by atoms with Gasteiger partial charge in [0, 0.05) is 0 Å². The van der Waals surface area contributed by atoms with Gasteiger partial charge < -0.3 is 10.6 Å². The van der Waals surface area contributed by atoms with Gasteiger partial charge in [0.2, 0.25) is 0 Å². The fourth-order valence-electron chi connectivity index (χ4n) is 2.35. The van der Waals surface area contributed by atoms with E-state index in [2.05, 4.69) is 24.7 Å². The van der Waals surface area contributed by atoms with Crippen molar-refractivity contribution >= 4 is 0 Å². The number of rotatable bonds is 4. The Bertz CT molecular complexity index is 96.4. The SMILES string of the molecule is CNCC1CCCCC1CNC. The Kier molecular flexibility index (Phi) is 4.62. The van der Waals surface area contributed by atoms with Crippen LogP contribution in [0.3, 0.4) is 0 Å². The van der Waals surface area contributed by atoms with Crippen LogP contribution >= 0.6 is 0 Å². The van der Waals surface area contributed by atoms with Gasteiger partial charge in [-0.05, 0) is 51.9 Å². The van der Waals surface area contributed by atoms with Gasteiger partial charge in [-0.15, -0.1) is 0 Å². The van der Waals surface area contributed by atoms with Gasteiger partial charge in [-0.1, -0.05) is 12.8 Å². The van der Waals surface area contributed by atoms with E-state index in [4.69, 9.17) is 0 Å². The first kappa shape index (κ1) is 10.0. The highest BCUT2D eigenvalue weighted by atomic mass is 14.8. The van der Waals surface area contributed by atoms with Crippen LogP contribution in [0.25, 0.3) is 0 Å². The van der Waals surface area contributed by atoms with Crippen molar-refractivity contribution < 1.29 is 0 Å². The van der Waals surface area contributed by atoms with Gasteiger partial charge in [-0.25, -0.2) is 0 Å². The van der Waals surface area contributed by atoms with E-state index in [1.54, 1.807) is 0 Å². The molecule has 0 radical (unpaired) electrons. The summed E-state index contributed by atoms with van der Waals surface area (Å²) < 4.78 is 0. The zero-order chi connectivity index (χ0) is 8.81. The maximum absolute atomic E-state index is 3.30. The third kappa shape index (κ3) is 2.76. The van der Waals surface area contributed by atoms with E-state index in [0.29, 0.717) is 0 Å². The van der Waals surface area contributed by atoms with E-state index in [1.807, 2.05) is 0 Å². The first-order valence-electron chi connectivity index (χ1n) is 5.17. The molecule has 0 amide bonds. The van der Waals surface area contributed by atoms with Crippen LogP contribution in [0.4, 0.5) is 0 Å². The molecule has 0 aromatic carbocycles. The molecule has 0 aliphatic heterocycles. The molecule has 1 saturated carbocycles. The van der Waals surface area contributed by atoms with E-state index in [1.165, 1.54) is 38.8 Å². The third-order valence-electron chi connectivity index (χ3n) is 3.00. The maximum Gasteiger partial charge on any atom is -0.00204 e. The van der Waals surface area contributed by atoms with Crippen molar-refractivity contribution in [2.45, 2.75) is 25.7 Å². The molecule has 0 spiro atoms. The highest BCUT2D eigenvalue weighted by Crippen LogP contribution is 2.28. The van der Waals surface area contributed by atoms with Crippen LogP contribution in [-0.4, -0.2) is 27.2 Å². The Morgan fingerprint density at radius 1 is 0.917 bits per heavy atom. The van der Waals surface area contributed by atoms with Gasteiger partial charge in [0.15, 0.2) is 0 Å². The second-order valence-electron chi connectivity index (χ2n) is 3.92. The molecular formula is C10H22N2. The first-order chi connectivity index (χ1) is 5.88. The zero-order valence-electron chi connectivity index (χ0n) is 8.40. The van der Waals surface area contributed by atoms with Crippen molar-refractivity contribution in [1.29, 1.82) is 0 Å². The monoisotopic (exact) mass is 170 g/mol. The Morgan fingerprint density at radius 2 is 1.33 bits per heavy atom. The van der Waals surface area contributed by atoms with E-state index in [9.17, 15) is 0 Å². The molecule has 2 N–H and O–H groups in total. The summed E-state index contributed by atoms with van der Waals surface area (Å²) in [6.07, 6.45) is 5.72. The second kappa shape index (κ2) is 5.55. The molecule has 1 aliphatic rings. The largest absolute Gasteiger partial charge is 0.319 e. The van der Waals surface area contributed by atoms with E-state index in [0.717, 1.165) is 11.8 Å². The number of hydrogen-bond donors (Lipinski definition) is 2. The van der Waals surface area contributed by atoms with E-state index >= 15 is 0 Å². The molecule has 2 atom stereocenters. The smallest absolute Gasteiger partial charge is 0.00204 e. The molecule has 12 heavy (non-hydrogen) atoms. The number of hydrogen-bond acceptors (Lipinski definition) is 2. The molecule has 1 rings (SSSR count). The molecule has 0 aromatic rings. The highest BCUT2D eigenvalue weighted by Gasteiger charge is 2.23. The summed E-state index contributed by atoms with van der Waals surface area (Å²) >= 11 is 0. The molecular weight excluding hydrogens is 148 g/mol. The Morgan fingerprint density at radius 3 is 1.67 bits per heavy atom. The fraction of sp³-hybridized carbons (Fsp3) is 1.00. The quantitative estimate of drug-likeness (QED) is 0.663. The minimum Gasteiger partial charge on any atom is -0.319 e. The van der Waals surface area contributed by atoms with Crippen LogP contribution in [0.15, 0.2) is 0 Å². The molecule has 0 aromatic heterocycles. The third-order valence-corrected chi connectivity index (χ3v) is 3.00. The van der Waals surface area contributed by atoms with Gasteiger partial charge in [0.05, 0.1) is 0 Å². The standard InChI is InChI=1S/C10H22N2/c1-11-7-9-5-3-4-6-10(9)8-12-2/h9-12H,3-8H2,1-2H3. The average molecular weight is 170 g/mol. The average Bonchev–Trinajstić information content (AvgIpc) is 2.09. The Labute approximate surface area is 76.1 Å². The predicted octanol–water partition coefficient (Wildman–Crippen LogP) is 1.23. The van der Waals surface area contributed by atoms with Crippen LogP contribution < -0.4 is 10.6 Å². The normalized spacial score (nSPS) is 30.5. The Hall–Kier alpha value is -0.0800. The fourth-order valence-corrected chi connectivity index (χ4v) is 2.35. The molecule has 2 heteroatoms. The van der Waals surface area contributed by atoms with Crippen LogP contribution in [0, 0.1) is 11.8 Å². The molecule has 2 unspecified atom stereocenters. The summed E-state index contributed by atoms with van der Waals surface area (Å²) in [4.78, 5) is 0. The van der Waals surface area contributed by atoms with E-state index < -0.39 is 0 Å². The van der Waals surface area contributed by atoms with Gasteiger partial charge in [-0.3, -0.25) is 0 Å². The predicted molar refractivity (Wildman–Crippen MR) is 53.3 cm³/mol. The molecule has 1 aliphatic carbocycles. The minimum atomic E-state index is 0.913. The van der Waals surface area contributed by atoms with Gasteiger partial charge in [0.1, 0.15) is 0 Å². The maximum atomic E-state index is 3.30. The lowest BCUT2D eigenvalue weighted by Gasteiger charge is -2.31. The van der Waals surface area contributed by atoms with Crippen molar-refractivity contribution in [1.82, 2.24) is 10.6 Å². The zero-order valence-corrected chi connectivity index (χ0v) is 8.40. The summed E-state index contributed by atoms with van der Waals surface area (Å²) in [5.74, 6) is 1.83. The van der Waals surface area contributed by atoms with E-state index in [-0.39, 0.29) is 0 Å². The molecule has 0 saturated heterocycles. The molecule has 72 valence electrons. The lowest BCUT2D eigenvalue weighted by molar-refractivity contribution is 0.230. The van der Waals surface area contributed by atoms with Crippen molar-refractivity contribution in [2.75, 3.05) is 27.2 Å². The van der Waals surface area contributed by atoms with Crippen molar-refractivity contribution in [2.24, 2.45) is 11.8 Å². The summed E-state index contributed by atoms with van der Waals surface area (Å²) in [6.45, 7) is 2.40. The lowest BCUT2D eigenvalue weighted by atomic mass is 9.79. The summed E-state index contributed by atoms with van der Waals surface area (Å²) in [6, 6.07) is 0. The lowest BCUT2D eigenvalue weighted by Crippen LogP contribution is -2.34. The van der Waals surface area contributed by atoms with Crippen LogP contribution in [-0.2, 0) is 0 Å². The minimum absolute atomic E-state index is 0.913. The first-order valence-corrected chi connectivity index (χ1v) is 5.17. The van der Waals surface area contributed by atoms with Gasteiger partial charge in [0.25, 0.3) is 0 Å². The van der Waals surface area contributed by atoms with Gasteiger partial charge >= 0.3 is 0 Å². The molecule has 2 nitrogen and oxygen atoms in total. The topological polar surface area (TPSA) is 24.1 Å². The van der Waals surface area contributed by atoms with Crippen LogP contribution in [0.1, 0.15) is 25.7 Å². The van der Waals surface area contributed by atoms with Crippen LogP contribution in [0.5, 0.6) is 0 Å². The number of nitrogens with one attached hydrogen (secondary N) is 2. The van der Waals surface area contributed by atoms with Crippen molar-refractivity contribution in [3.05, 3.63) is 0 Å². The van der Waals surface area contributed by atoms with Gasteiger partial charge in [-0.2, -0.15) is 0 Å². The molecule has 1 fully saturated rings. The highest BCUT2D eigenvalue weighted by molar-refractivity contribution is 4.77. The second-order valence-corrected chi connectivity index (χ2v) is 3.92. The summed E-state index contributed by atoms with van der Waals surface area (Å²) in [5.41, 5.74) is 0. The Balaban J connectivity index is 2.31. The molecule has 0 heterocycles. The van der Waals surface area contributed by atoms with Crippen molar-refractivity contribution in [3.63, 3.8) is 0 Å². The summed E-state index contributed by atoms with van der Waals surface area (Å²) in [7, 11) is 4.12. The summed E-state index contributed by atoms with van der Waals surface area (Å²) in [5, 5.41) is 6.60. The van der Waals surface area contributed by atoms with Crippen molar-refractivity contribution in [3.8, 4) is 0 Å². The van der Waals surface area contributed by atoms with Crippen LogP contribution in [0.2, 0.25) is 0 Å². The molecule has 0 bridgehead atoms.